The van der Waals surface area contributed by atoms with E-state index in [0.29, 0.717) is 21.9 Å². The van der Waals surface area contributed by atoms with Crippen LogP contribution < -0.4 is 5.56 Å². The number of benzene rings is 1. The largest absolute Gasteiger partial charge is 0.282 e. The Balaban J connectivity index is 2.02. The molecule has 3 rings (SSSR count). The molecule has 0 N–H and O–H groups in total. The van der Waals surface area contributed by atoms with Crippen LogP contribution in [-0.4, -0.2) is 25.7 Å². The number of aromatic nitrogens is 4. The van der Waals surface area contributed by atoms with E-state index in [9.17, 15) is 4.79 Å². The average molecular weight is 358 g/mol. The zero-order valence-electron chi connectivity index (χ0n) is 14.5. The van der Waals surface area contributed by atoms with Gasteiger partial charge in [0.1, 0.15) is 11.0 Å². The van der Waals surface area contributed by atoms with Crippen LogP contribution >= 0.6 is 11.6 Å². The highest BCUT2D eigenvalue weighted by atomic mass is 35.5. The lowest BCUT2D eigenvalue weighted by Gasteiger charge is -2.05. The minimum Gasteiger partial charge on any atom is -0.267 e. The Hall–Kier alpha value is -2.47. The molecule has 0 amide bonds. The van der Waals surface area contributed by atoms with Gasteiger partial charge in [0.15, 0.2) is 0 Å². The Morgan fingerprint density at radius 2 is 2.04 bits per heavy atom. The van der Waals surface area contributed by atoms with Gasteiger partial charge in [0, 0.05) is 6.54 Å². The summed E-state index contributed by atoms with van der Waals surface area (Å²) in [7, 11) is 0. The minimum atomic E-state index is -0.202. The SMILES string of the molecule is CCCCn1nc(C)c(/C=N\n2c(C)nc3ccccc3c2=O)c1Cl. The summed E-state index contributed by atoms with van der Waals surface area (Å²) >= 11 is 6.41. The summed E-state index contributed by atoms with van der Waals surface area (Å²) in [5.74, 6) is 0.520. The van der Waals surface area contributed by atoms with Gasteiger partial charge in [-0.05, 0) is 32.4 Å². The Kier molecular flexibility index (Phi) is 4.99. The zero-order chi connectivity index (χ0) is 18.0. The van der Waals surface area contributed by atoms with Crippen molar-refractivity contribution in [2.75, 3.05) is 0 Å². The van der Waals surface area contributed by atoms with E-state index >= 15 is 0 Å². The molecule has 0 spiro atoms. The molecule has 0 unspecified atom stereocenters. The van der Waals surface area contributed by atoms with Crippen molar-refractivity contribution in [1.29, 1.82) is 0 Å². The summed E-state index contributed by atoms with van der Waals surface area (Å²) in [5, 5.41) is 9.84. The fourth-order valence-corrected chi connectivity index (χ4v) is 2.96. The van der Waals surface area contributed by atoms with Crippen molar-refractivity contribution in [3.8, 4) is 0 Å². The first-order valence-corrected chi connectivity index (χ1v) is 8.66. The van der Waals surface area contributed by atoms with Crippen LogP contribution in [0, 0.1) is 13.8 Å². The van der Waals surface area contributed by atoms with E-state index in [4.69, 9.17) is 11.6 Å². The first-order valence-electron chi connectivity index (χ1n) is 8.28. The molecule has 0 aliphatic rings. The van der Waals surface area contributed by atoms with Gasteiger partial charge in [0.25, 0.3) is 5.56 Å². The second-order valence-electron chi connectivity index (χ2n) is 5.90. The van der Waals surface area contributed by atoms with Crippen molar-refractivity contribution in [2.45, 2.75) is 40.2 Å². The van der Waals surface area contributed by atoms with Crippen LogP contribution in [0.5, 0.6) is 0 Å². The summed E-state index contributed by atoms with van der Waals surface area (Å²) in [5.41, 5.74) is 1.96. The number of nitrogens with zero attached hydrogens (tertiary/aromatic N) is 5. The number of rotatable bonds is 5. The van der Waals surface area contributed by atoms with Crippen LogP contribution in [0.25, 0.3) is 10.9 Å². The third-order valence-corrected chi connectivity index (χ3v) is 4.45. The zero-order valence-corrected chi connectivity index (χ0v) is 15.3. The number of hydrogen-bond donors (Lipinski definition) is 0. The highest BCUT2D eigenvalue weighted by Gasteiger charge is 2.12. The minimum absolute atomic E-state index is 0.202. The molecule has 0 bridgehead atoms. The smallest absolute Gasteiger partial charge is 0.267 e. The summed E-state index contributed by atoms with van der Waals surface area (Å²) < 4.78 is 3.07. The Labute approximate surface area is 150 Å². The van der Waals surface area contributed by atoms with Crippen molar-refractivity contribution >= 4 is 28.7 Å². The topological polar surface area (TPSA) is 65.1 Å². The first-order chi connectivity index (χ1) is 12.0. The lowest BCUT2D eigenvalue weighted by atomic mass is 10.2. The van der Waals surface area contributed by atoms with Gasteiger partial charge in [-0.25, -0.2) is 4.98 Å². The van der Waals surface area contributed by atoms with Gasteiger partial charge in [-0.1, -0.05) is 37.1 Å². The van der Waals surface area contributed by atoms with Crippen molar-refractivity contribution in [3.05, 3.63) is 56.9 Å². The van der Waals surface area contributed by atoms with Crippen molar-refractivity contribution in [3.63, 3.8) is 0 Å². The lowest BCUT2D eigenvalue weighted by molar-refractivity contribution is 0.569. The normalized spacial score (nSPS) is 11.7. The maximum atomic E-state index is 12.6. The molecule has 6 nitrogen and oxygen atoms in total. The molecular formula is C18H20ClN5O. The Morgan fingerprint density at radius 1 is 1.28 bits per heavy atom. The van der Waals surface area contributed by atoms with Crippen molar-refractivity contribution in [2.24, 2.45) is 5.10 Å². The lowest BCUT2D eigenvalue weighted by Crippen LogP contribution is -2.20. The van der Waals surface area contributed by atoms with E-state index in [-0.39, 0.29) is 5.56 Å². The van der Waals surface area contributed by atoms with Crippen molar-refractivity contribution < 1.29 is 0 Å². The van der Waals surface area contributed by atoms with E-state index in [1.165, 1.54) is 4.68 Å². The highest BCUT2D eigenvalue weighted by molar-refractivity contribution is 6.32. The van der Waals surface area contributed by atoms with Gasteiger partial charge in [0.05, 0.1) is 28.4 Å². The molecule has 2 aromatic heterocycles. The molecule has 25 heavy (non-hydrogen) atoms. The maximum Gasteiger partial charge on any atom is 0.282 e. The van der Waals surface area contributed by atoms with Gasteiger partial charge in [-0.15, -0.1) is 0 Å². The summed E-state index contributed by atoms with van der Waals surface area (Å²) in [4.78, 5) is 17.1. The molecule has 0 atom stereocenters. The molecular weight excluding hydrogens is 338 g/mol. The third kappa shape index (κ3) is 3.35. The molecule has 130 valence electrons. The van der Waals surface area contributed by atoms with Crippen LogP contribution in [0.15, 0.2) is 34.2 Å². The fourth-order valence-electron chi connectivity index (χ4n) is 2.66. The molecule has 0 saturated heterocycles. The molecule has 0 radical (unpaired) electrons. The van der Waals surface area contributed by atoms with E-state index in [1.807, 2.05) is 25.1 Å². The Morgan fingerprint density at radius 3 is 2.80 bits per heavy atom. The second kappa shape index (κ2) is 7.19. The van der Waals surface area contributed by atoms with Crippen LogP contribution in [0.3, 0.4) is 0 Å². The number of aryl methyl sites for hydroxylation is 3. The molecule has 0 aliphatic carbocycles. The van der Waals surface area contributed by atoms with E-state index in [0.717, 1.165) is 30.6 Å². The molecule has 3 aromatic rings. The summed E-state index contributed by atoms with van der Waals surface area (Å²) in [6.45, 7) is 6.52. The fraction of sp³-hybridized carbons (Fsp3) is 0.333. The average Bonchev–Trinajstić information content (AvgIpc) is 2.87. The predicted molar refractivity (Wildman–Crippen MR) is 101 cm³/mol. The number of halogens is 1. The molecule has 0 saturated carbocycles. The summed E-state index contributed by atoms with van der Waals surface area (Å²) in [6, 6.07) is 7.23. The van der Waals surface area contributed by atoms with Gasteiger partial charge in [-0.2, -0.15) is 14.9 Å². The maximum absolute atomic E-state index is 12.6. The summed E-state index contributed by atoms with van der Waals surface area (Å²) in [6.07, 6.45) is 3.65. The predicted octanol–water partition coefficient (Wildman–Crippen LogP) is 3.55. The molecule has 1 aromatic carbocycles. The second-order valence-corrected chi connectivity index (χ2v) is 6.26. The number of para-hydroxylation sites is 1. The molecule has 0 fully saturated rings. The molecule has 0 aliphatic heterocycles. The number of hydrogen-bond acceptors (Lipinski definition) is 4. The third-order valence-electron chi connectivity index (χ3n) is 4.05. The van der Waals surface area contributed by atoms with Gasteiger partial charge in [0.2, 0.25) is 0 Å². The van der Waals surface area contributed by atoms with Crippen molar-refractivity contribution in [1.82, 2.24) is 19.4 Å². The van der Waals surface area contributed by atoms with Crippen LogP contribution in [0.2, 0.25) is 5.15 Å². The quantitative estimate of drug-likeness (QED) is 0.656. The monoisotopic (exact) mass is 357 g/mol. The number of unbranched alkanes of at least 4 members (excludes halogenated alkanes) is 1. The van der Waals surface area contributed by atoms with E-state index < -0.39 is 0 Å². The van der Waals surface area contributed by atoms with Crippen LogP contribution in [0.1, 0.15) is 36.8 Å². The van der Waals surface area contributed by atoms with Gasteiger partial charge < -0.3 is 0 Å². The van der Waals surface area contributed by atoms with E-state index in [1.54, 1.807) is 23.9 Å². The van der Waals surface area contributed by atoms with Gasteiger partial charge in [-0.3, -0.25) is 9.48 Å². The first kappa shape index (κ1) is 17.4. The Bertz CT molecular complexity index is 1000. The van der Waals surface area contributed by atoms with E-state index in [2.05, 4.69) is 22.1 Å². The highest BCUT2D eigenvalue weighted by Crippen LogP contribution is 2.18. The number of fused-ring (bicyclic) bond motifs is 1. The van der Waals surface area contributed by atoms with Crippen LogP contribution in [0.4, 0.5) is 0 Å². The standard InChI is InChI=1S/C18H20ClN5O/c1-4-5-10-23-17(19)15(12(2)22-23)11-20-24-13(3)21-16-9-7-6-8-14(16)18(24)25/h6-9,11H,4-5,10H2,1-3H3/b20-11-. The van der Waals surface area contributed by atoms with Crippen LogP contribution in [-0.2, 0) is 6.54 Å². The molecule has 7 heteroatoms. The molecule has 2 heterocycles. The van der Waals surface area contributed by atoms with Gasteiger partial charge >= 0.3 is 0 Å².